The van der Waals surface area contributed by atoms with E-state index in [1.54, 1.807) is 12.1 Å². The first kappa shape index (κ1) is 16.0. The minimum Gasteiger partial charge on any atom is -0.508 e. The summed E-state index contributed by atoms with van der Waals surface area (Å²) in [6.45, 7) is 5.93. The Kier molecular flexibility index (Phi) is 8.03. The van der Waals surface area contributed by atoms with Crippen LogP contribution in [-0.4, -0.2) is 10.2 Å². The fourth-order valence-corrected chi connectivity index (χ4v) is 0.986. The molecule has 0 spiro atoms. The van der Waals surface area contributed by atoms with Gasteiger partial charge in [-0.05, 0) is 43.3 Å². The number of aryl methyl sites for hydroxylation is 1. The van der Waals surface area contributed by atoms with E-state index in [4.69, 9.17) is 10.2 Å². The molecule has 2 rings (SSSR count). The van der Waals surface area contributed by atoms with Gasteiger partial charge in [-0.3, -0.25) is 0 Å². The van der Waals surface area contributed by atoms with Crippen molar-refractivity contribution in [3.8, 4) is 11.5 Å². The summed E-state index contributed by atoms with van der Waals surface area (Å²) in [5, 5.41) is 17.3. The minimum atomic E-state index is -0.171. The molecule has 0 amide bonds. The smallest absolute Gasteiger partial charge is 0.123 e. The second-order valence-electron chi connectivity index (χ2n) is 3.31. The number of halogens is 1. The van der Waals surface area contributed by atoms with Crippen molar-refractivity contribution in [1.82, 2.24) is 0 Å². The van der Waals surface area contributed by atoms with Crippen LogP contribution in [0.15, 0.2) is 48.5 Å². The van der Waals surface area contributed by atoms with Crippen LogP contribution in [0.5, 0.6) is 11.5 Å². The van der Waals surface area contributed by atoms with Crippen molar-refractivity contribution in [2.24, 2.45) is 0 Å². The molecule has 0 aliphatic rings. The van der Waals surface area contributed by atoms with Crippen LogP contribution < -0.4 is 0 Å². The van der Waals surface area contributed by atoms with Crippen LogP contribution in [0.3, 0.4) is 0 Å². The molecule has 98 valence electrons. The van der Waals surface area contributed by atoms with Crippen LogP contribution in [0.1, 0.15) is 19.4 Å². The van der Waals surface area contributed by atoms with E-state index in [1.807, 2.05) is 20.8 Å². The number of benzene rings is 2. The van der Waals surface area contributed by atoms with E-state index in [0.717, 1.165) is 5.56 Å². The fourth-order valence-electron chi connectivity index (χ4n) is 0.986. The SMILES string of the molecule is CC.Cc1ccc(F)cc1.Oc1ccc(O)cc1. The van der Waals surface area contributed by atoms with Crippen LogP contribution in [0, 0.1) is 12.7 Å². The Morgan fingerprint density at radius 3 is 1.33 bits per heavy atom. The van der Waals surface area contributed by atoms with Gasteiger partial charge in [0.15, 0.2) is 0 Å². The van der Waals surface area contributed by atoms with Gasteiger partial charge in [-0.15, -0.1) is 0 Å². The highest BCUT2D eigenvalue weighted by Gasteiger charge is 1.84. The molecule has 0 unspecified atom stereocenters. The van der Waals surface area contributed by atoms with Gasteiger partial charge in [0.25, 0.3) is 0 Å². The Balaban J connectivity index is 0.000000283. The van der Waals surface area contributed by atoms with Crippen molar-refractivity contribution < 1.29 is 14.6 Å². The molecule has 0 radical (unpaired) electrons. The van der Waals surface area contributed by atoms with Gasteiger partial charge in [0.2, 0.25) is 0 Å². The third kappa shape index (κ3) is 7.28. The normalized spacial score (nSPS) is 8.44. The van der Waals surface area contributed by atoms with Gasteiger partial charge in [-0.1, -0.05) is 31.5 Å². The molecule has 0 bridgehead atoms. The summed E-state index contributed by atoms with van der Waals surface area (Å²) >= 11 is 0. The lowest BCUT2D eigenvalue weighted by Crippen LogP contribution is -1.71. The molecule has 18 heavy (non-hydrogen) atoms. The van der Waals surface area contributed by atoms with Gasteiger partial charge in [-0.25, -0.2) is 4.39 Å². The Bertz CT molecular complexity index is 336. The van der Waals surface area contributed by atoms with E-state index < -0.39 is 0 Å². The van der Waals surface area contributed by atoms with Gasteiger partial charge in [0, 0.05) is 0 Å². The van der Waals surface area contributed by atoms with E-state index in [-0.39, 0.29) is 17.3 Å². The van der Waals surface area contributed by atoms with Gasteiger partial charge in [-0.2, -0.15) is 0 Å². The van der Waals surface area contributed by atoms with E-state index in [9.17, 15) is 4.39 Å². The first-order valence-electron chi connectivity index (χ1n) is 5.78. The third-order valence-corrected chi connectivity index (χ3v) is 1.86. The summed E-state index contributed by atoms with van der Waals surface area (Å²) in [7, 11) is 0. The van der Waals surface area contributed by atoms with E-state index >= 15 is 0 Å². The predicted molar refractivity (Wildman–Crippen MR) is 72.3 cm³/mol. The summed E-state index contributed by atoms with van der Waals surface area (Å²) in [4.78, 5) is 0. The first-order valence-corrected chi connectivity index (χ1v) is 5.78. The second-order valence-corrected chi connectivity index (χ2v) is 3.31. The van der Waals surface area contributed by atoms with Crippen molar-refractivity contribution in [2.45, 2.75) is 20.8 Å². The zero-order valence-corrected chi connectivity index (χ0v) is 10.9. The maximum absolute atomic E-state index is 12.1. The van der Waals surface area contributed by atoms with E-state index in [0.29, 0.717) is 0 Å². The standard InChI is InChI=1S/C7H7F.C6H6O2.C2H6/c1-6-2-4-7(8)5-3-6;7-5-1-2-6(8)4-3-5;1-2/h2-5H,1H3;1-4,7-8H;1-2H3. The van der Waals surface area contributed by atoms with Gasteiger partial charge in [0.1, 0.15) is 17.3 Å². The average molecular weight is 250 g/mol. The van der Waals surface area contributed by atoms with E-state index in [1.165, 1.54) is 36.4 Å². The summed E-state index contributed by atoms with van der Waals surface area (Å²) in [6, 6.07) is 12.1. The molecular formula is C15H19FO2. The van der Waals surface area contributed by atoms with Crippen molar-refractivity contribution in [2.75, 3.05) is 0 Å². The molecule has 2 N–H and O–H groups in total. The highest BCUT2D eigenvalue weighted by Crippen LogP contribution is 2.13. The first-order chi connectivity index (χ1) is 8.58. The van der Waals surface area contributed by atoms with Crippen LogP contribution in [0.2, 0.25) is 0 Å². The average Bonchev–Trinajstić information content (AvgIpc) is 2.40. The molecule has 0 atom stereocenters. The number of phenolic OH excluding ortho intramolecular Hbond substituents is 2. The number of rotatable bonds is 0. The topological polar surface area (TPSA) is 40.5 Å². The molecule has 0 heterocycles. The number of aromatic hydroxyl groups is 2. The van der Waals surface area contributed by atoms with Crippen molar-refractivity contribution in [3.05, 3.63) is 59.9 Å². The Hall–Kier alpha value is -2.03. The third-order valence-electron chi connectivity index (χ3n) is 1.86. The molecule has 2 aromatic carbocycles. The Morgan fingerprint density at radius 2 is 1.06 bits per heavy atom. The number of hydrogen-bond donors (Lipinski definition) is 2. The molecule has 3 heteroatoms. The molecule has 0 aromatic heterocycles. The lowest BCUT2D eigenvalue weighted by atomic mass is 10.2. The molecule has 0 fully saturated rings. The highest BCUT2D eigenvalue weighted by molar-refractivity contribution is 5.28. The van der Waals surface area contributed by atoms with Gasteiger partial charge in [0.05, 0.1) is 0 Å². The van der Waals surface area contributed by atoms with Crippen LogP contribution >= 0.6 is 0 Å². The minimum absolute atomic E-state index is 0.169. The van der Waals surface area contributed by atoms with Crippen LogP contribution in [0.25, 0.3) is 0 Å². The highest BCUT2D eigenvalue weighted by atomic mass is 19.1. The molecule has 2 nitrogen and oxygen atoms in total. The maximum Gasteiger partial charge on any atom is 0.123 e. The lowest BCUT2D eigenvalue weighted by molar-refractivity contribution is 0.460. The predicted octanol–water partition coefficient (Wildman–Crippen LogP) is 4.26. The monoisotopic (exact) mass is 250 g/mol. The zero-order valence-electron chi connectivity index (χ0n) is 10.9. The molecule has 0 aliphatic heterocycles. The molecule has 0 saturated heterocycles. The van der Waals surface area contributed by atoms with Crippen molar-refractivity contribution in [3.63, 3.8) is 0 Å². The lowest BCUT2D eigenvalue weighted by Gasteiger charge is -1.88. The fraction of sp³-hybridized carbons (Fsp3) is 0.200. The van der Waals surface area contributed by atoms with Gasteiger partial charge >= 0.3 is 0 Å². The van der Waals surface area contributed by atoms with Gasteiger partial charge < -0.3 is 10.2 Å². The second kappa shape index (κ2) is 9.05. The summed E-state index contributed by atoms with van der Waals surface area (Å²) in [5.74, 6) is 0.168. The molecule has 2 aromatic rings. The Labute approximate surface area is 107 Å². The Morgan fingerprint density at radius 1 is 0.722 bits per heavy atom. The summed E-state index contributed by atoms with van der Waals surface area (Å²) in [5.41, 5.74) is 1.09. The number of phenols is 2. The van der Waals surface area contributed by atoms with Crippen molar-refractivity contribution >= 4 is 0 Å². The largest absolute Gasteiger partial charge is 0.508 e. The van der Waals surface area contributed by atoms with Crippen molar-refractivity contribution in [1.29, 1.82) is 0 Å². The number of hydrogen-bond acceptors (Lipinski definition) is 2. The zero-order chi connectivity index (χ0) is 14.0. The maximum atomic E-state index is 12.1. The van der Waals surface area contributed by atoms with Crippen LogP contribution in [-0.2, 0) is 0 Å². The summed E-state index contributed by atoms with van der Waals surface area (Å²) in [6.07, 6.45) is 0. The van der Waals surface area contributed by atoms with E-state index in [2.05, 4.69) is 0 Å². The molecule has 0 saturated carbocycles. The van der Waals surface area contributed by atoms with Crippen LogP contribution in [0.4, 0.5) is 4.39 Å². The summed E-state index contributed by atoms with van der Waals surface area (Å²) < 4.78 is 12.1. The molecule has 0 aliphatic carbocycles. The molecular weight excluding hydrogens is 231 g/mol. The quantitative estimate of drug-likeness (QED) is 0.686.